The maximum Gasteiger partial charge on any atom is 0.305 e. The highest BCUT2D eigenvalue weighted by Crippen LogP contribution is 2.31. The van der Waals surface area contributed by atoms with E-state index in [1.54, 1.807) is 12.0 Å². The maximum atomic E-state index is 12.6. The second kappa shape index (κ2) is 7.87. The van der Waals surface area contributed by atoms with Gasteiger partial charge in [0.05, 0.1) is 12.5 Å². The van der Waals surface area contributed by atoms with Gasteiger partial charge in [0.15, 0.2) is 6.61 Å². The molecule has 1 N–H and O–H groups in total. The van der Waals surface area contributed by atoms with Gasteiger partial charge < -0.3 is 19.5 Å². The summed E-state index contributed by atoms with van der Waals surface area (Å²) in [6.45, 7) is 6.55. The van der Waals surface area contributed by atoms with Gasteiger partial charge in [-0.2, -0.15) is 0 Å². The standard InChI is InChI=1S/C19H27NO5/c1-19(2,3)15-7-5-6-8-16(15)25-12-17(21)20-11-14(24-4)9-13(20)10-18(22)23/h5-8,13-14H,9-12H2,1-4H3,(H,22,23). The van der Waals surface area contributed by atoms with Gasteiger partial charge in [0, 0.05) is 19.7 Å². The zero-order valence-electron chi connectivity index (χ0n) is 15.3. The van der Waals surface area contributed by atoms with E-state index in [4.69, 9.17) is 14.6 Å². The van der Waals surface area contributed by atoms with Gasteiger partial charge in [-0.05, 0) is 23.5 Å². The highest BCUT2D eigenvalue weighted by Gasteiger charge is 2.36. The Morgan fingerprint density at radius 3 is 2.56 bits per heavy atom. The monoisotopic (exact) mass is 349 g/mol. The number of rotatable bonds is 6. The number of hydrogen-bond donors (Lipinski definition) is 1. The minimum atomic E-state index is -0.918. The van der Waals surface area contributed by atoms with Crippen LogP contribution in [0.3, 0.4) is 0 Å². The lowest BCUT2D eigenvalue weighted by molar-refractivity contribution is -0.140. The SMILES string of the molecule is COC1CC(CC(=O)O)N(C(=O)COc2ccccc2C(C)(C)C)C1. The van der Waals surface area contributed by atoms with Gasteiger partial charge in [-0.3, -0.25) is 9.59 Å². The summed E-state index contributed by atoms with van der Waals surface area (Å²) in [5.74, 6) is -0.450. The van der Waals surface area contributed by atoms with Crippen LogP contribution in [0, 0.1) is 0 Å². The molecule has 0 radical (unpaired) electrons. The molecule has 6 nitrogen and oxygen atoms in total. The van der Waals surface area contributed by atoms with Crippen molar-refractivity contribution in [3.05, 3.63) is 29.8 Å². The molecule has 1 heterocycles. The number of hydrogen-bond acceptors (Lipinski definition) is 4. The number of carboxylic acids is 1. The highest BCUT2D eigenvalue weighted by molar-refractivity contribution is 5.79. The molecule has 1 aliphatic rings. The van der Waals surface area contributed by atoms with Crippen LogP contribution in [-0.4, -0.2) is 54.3 Å². The van der Waals surface area contributed by atoms with Crippen LogP contribution in [-0.2, 0) is 19.7 Å². The number of aliphatic carboxylic acids is 1. The molecule has 2 atom stereocenters. The van der Waals surface area contributed by atoms with E-state index in [-0.39, 0.29) is 36.5 Å². The number of carboxylic acid groups (broad SMARTS) is 1. The smallest absolute Gasteiger partial charge is 0.305 e. The molecule has 25 heavy (non-hydrogen) atoms. The lowest BCUT2D eigenvalue weighted by atomic mass is 9.86. The largest absolute Gasteiger partial charge is 0.483 e. The van der Waals surface area contributed by atoms with Crippen LogP contribution in [0.2, 0.25) is 0 Å². The first-order valence-corrected chi connectivity index (χ1v) is 8.48. The molecular weight excluding hydrogens is 322 g/mol. The first kappa shape index (κ1) is 19.2. The number of para-hydroxylation sites is 1. The second-order valence-corrected chi connectivity index (χ2v) is 7.43. The van der Waals surface area contributed by atoms with E-state index in [0.29, 0.717) is 18.7 Å². The van der Waals surface area contributed by atoms with Gasteiger partial charge >= 0.3 is 5.97 Å². The summed E-state index contributed by atoms with van der Waals surface area (Å²) in [5, 5.41) is 9.06. The summed E-state index contributed by atoms with van der Waals surface area (Å²) < 4.78 is 11.1. The van der Waals surface area contributed by atoms with Crippen molar-refractivity contribution in [1.29, 1.82) is 0 Å². The van der Waals surface area contributed by atoms with Gasteiger partial charge in [-0.15, -0.1) is 0 Å². The van der Waals surface area contributed by atoms with Crippen LogP contribution in [0.1, 0.15) is 39.2 Å². The number of ether oxygens (including phenoxy) is 2. The number of amides is 1. The predicted octanol–water partition coefficient (Wildman–Crippen LogP) is 2.45. The van der Waals surface area contributed by atoms with Crippen LogP contribution in [0.15, 0.2) is 24.3 Å². The molecule has 0 saturated carbocycles. The Bertz CT molecular complexity index is 622. The van der Waals surface area contributed by atoms with Crippen LogP contribution in [0.5, 0.6) is 5.75 Å². The molecule has 1 amide bonds. The average molecular weight is 349 g/mol. The number of benzene rings is 1. The summed E-state index contributed by atoms with van der Waals surface area (Å²) in [6, 6.07) is 7.31. The third kappa shape index (κ3) is 4.95. The Hall–Kier alpha value is -2.08. The summed E-state index contributed by atoms with van der Waals surface area (Å²) >= 11 is 0. The van der Waals surface area contributed by atoms with Crippen LogP contribution in [0.4, 0.5) is 0 Å². The fraction of sp³-hybridized carbons (Fsp3) is 0.579. The van der Waals surface area contributed by atoms with Crippen molar-refractivity contribution in [1.82, 2.24) is 4.90 Å². The minimum absolute atomic E-state index is 0.0792. The minimum Gasteiger partial charge on any atom is -0.483 e. The molecule has 2 unspecified atom stereocenters. The van der Waals surface area contributed by atoms with Gasteiger partial charge in [0.25, 0.3) is 5.91 Å². The van der Waals surface area contributed by atoms with Crippen LogP contribution in [0.25, 0.3) is 0 Å². The van der Waals surface area contributed by atoms with Crippen LogP contribution >= 0.6 is 0 Å². The Morgan fingerprint density at radius 2 is 1.96 bits per heavy atom. The topological polar surface area (TPSA) is 76.1 Å². The van der Waals surface area contributed by atoms with Crippen molar-refractivity contribution in [3.8, 4) is 5.75 Å². The third-order valence-corrected chi connectivity index (χ3v) is 4.49. The van der Waals surface area contributed by atoms with Crippen molar-refractivity contribution in [2.24, 2.45) is 0 Å². The molecule has 0 bridgehead atoms. The maximum absolute atomic E-state index is 12.6. The Labute approximate surface area is 148 Å². The van der Waals surface area contributed by atoms with Crippen molar-refractivity contribution in [2.45, 2.75) is 51.2 Å². The van der Waals surface area contributed by atoms with E-state index in [2.05, 4.69) is 20.8 Å². The number of carbonyl (C=O) groups is 2. The highest BCUT2D eigenvalue weighted by atomic mass is 16.5. The molecule has 1 fully saturated rings. The average Bonchev–Trinajstić information content (AvgIpc) is 2.94. The molecule has 1 saturated heterocycles. The molecule has 1 aromatic rings. The lowest BCUT2D eigenvalue weighted by Crippen LogP contribution is -2.40. The van der Waals surface area contributed by atoms with Gasteiger partial charge in [0.1, 0.15) is 5.75 Å². The quantitative estimate of drug-likeness (QED) is 0.854. The van der Waals surface area contributed by atoms with E-state index < -0.39 is 5.97 Å². The van der Waals surface area contributed by atoms with E-state index in [1.807, 2.05) is 24.3 Å². The van der Waals surface area contributed by atoms with Gasteiger partial charge in [-0.1, -0.05) is 39.0 Å². The molecule has 1 aliphatic heterocycles. The number of methoxy groups -OCH3 is 1. The van der Waals surface area contributed by atoms with Crippen molar-refractivity contribution < 1.29 is 24.2 Å². The third-order valence-electron chi connectivity index (χ3n) is 4.49. The summed E-state index contributed by atoms with van der Waals surface area (Å²) in [5.41, 5.74) is 0.932. The molecule has 1 aromatic carbocycles. The first-order valence-electron chi connectivity index (χ1n) is 8.48. The lowest BCUT2D eigenvalue weighted by Gasteiger charge is -2.25. The molecule has 2 rings (SSSR count). The Kier molecular flexibility index (Phi) is 6.06. The summed E-state index contributed by atoms with van der Waals surface area (Å²) in [4.78, 5) is 25.2. The normalized spacial score (nSPS) is 20.6. The van der Waals surface area contributed by atoms with Gasteiger partial charge in [-0.25, -0.2) is 0 Å². The number of likely N-dealkylation sites (tertiary alicyclic amines) is 1. The Morgan fingerprint density at radius 1 is 1.28 bits per heavy atom. The first-order chi connectivity index (χ1) is 11.7. The second-order valence-electron chi connectivity index (χ2n) is 7.43. The fourth-order valence-corrected chi connectivity index (χ4v) is 3.18. The molecular formula is C19H27NO5. The molecule has 0 spiro atoms. The number of carbonyl (C=O) groups excluding carboxylic acids is 1. The zero-order valence-corrected chi connectivity index (χ0v) is 15.3. The fourth-order valence-electron chi connectivity index (χ4n) is 3.18. The summed E-state index contributed by atoms with van der Waals surface area (Å²) in [7, 11) is 1.58. The zero-order chi connectivity index (χ0) is 18.6. The van der Waals surface area contributed by atoms with E-state index in [0.717, 1.165) is 5.56 Å². The van der Waals surface area contributed by atoms with E-state index in [1.165, 1.54) is 0 Å². The molecule has 0 aliphatic carbocycles. The predicted molar refractivity (Wildman–Crippen MR) is 93.8 cm³/mol. The van der Waals surface area contributed by atoms with E-state index >= 15 is 0 Å². The summed E-state index contributed by atoms with van der Waals surface area (Å²) in [6.07, 6.45) is 0.326. The van der Waals surface area contributed by atoms with Crippen molar-refractivity contribution in [2.75, 3.05) is 20.3 Å². The van der Waals surface area contributed by atoms with Crippen molar-refractivity contribution >= 4 is 11.9 Å². The van der Waals surface area contributed by atoms with Crippen LogP contribution < -0.4 is 4.74 Å². The van der Waals surface area contributed by atoms with E-state index in [9.17, 15) is 9.59 Å². The molecule has 0 aromatic heterocycles. The molecule has 138 valence electrons. The Balaban J connectivity index is 2.05. The van der Waals surface area contributed by atoms with Gasteiger partial charge in [0.2, 0.25) is 0 Å². The van der Waals surface area contributed by atoms with Crippen molar-refractivity contribution in [3.63, 3.8) is 0 Å². The number of nitrogens with zero attached hydrogens (tertiary/aromatic N) is 1. The molecule has 6 heteroatoms.